The number of furan rings is 1. The third kappa shape index (κ3) is 5.65. The summed E-state index contributed by atoms with van der Waals surface area (Å²) in [5.74, 6) is 0.712. The third-order valence-electron chi connectivity index (χ3n) is 7.18. The van der Waals surface area contributed by atoms with E-state index in [0.717, 1.165) is 70.4 Å². The van der Waals surface area contributed by atoms with Crippen LogP contribution in [0.25, 0.3) is 33.4 Å². The summed E-state index contributed by atoms with van der Waals surface area (Å²) in [4.78, 5) is 17.6. The molecule has 7 nitrogen and oxygen atoms in total. The highest BCUT2D eigenvalue weighted by atomic mass is 127. The van der Waals surface area contributed by atoms with Gasteiger partial charge >= 0.3 is 0 Å². The zero-order chi connectivity index (χ0) is 29.1. The molecule has 1 aliphatic carbocycles. The second kappa shape index (κ2) is 12.4. The Labute approximate surface area is 260 Å². The minimum Gasteiger partial charge on any atom is -0.506 e. The molecule has 0 fully saturated rings. The van der Waals surface area contributed by atoms with Crippen molar-refractivity contribution in [1.82, 2.24) is 10.4 Å². The summed E-state index contributed by atoms with van der Waals surface area (Å²) in [6, 6.07) is 25.5. The maximum Gasteiger partial charge on any atom is 0.250 e. The van der Waals surface area contributed by atoms with Crippen LogP contribution in [0.15, 0.2) is 87.3 Å². The van der Waals surface area contributed by atoms with Gasteiger partial charge in [0.15, 0.2) is 0 Å². The number of nitriles is 1. The van der Waals surface area contributed by atoms with E-state index < -0.39 is 0 Å². The van der Waals surface area contributed by atoms with E-state index in [2.05, 4.69) is 39.2 Å². The summed E-state index contributed by atoms with van der Waals surface area (Å²) in [5, 5.41) is 26.4. The molecule has 2 N–H and O–H groups in total. The Balaban J connectivity index is 1.25. The molecule has 0 bridgehead atoms. The van der Waals surface area contributed by atoms with Gasteiger partial charge in [-0.25, -0.2) is 10.4 Å². The van der Waals surface area contributed by atoms with Gasteiger partial charge in [-0.15, -0.1) is 0 Å². The van der Waals surface area contributed by atoms with E-state index in [0.29, 0.717) is 19.7 Å². The van der Waals surface area contributed by atoms with Gasteiger partial charge in [-0.1, -0.05) is 72.4 Å². The number of aromatic nitrogens is 1. The van der Waals surface area contributed by atoms with Crippen LogP contribution in [0.1, 0.15) is 35.3 Å². The lowest BCUT2D eigenvalue weighted by atomic mass is 9.94. The smallest absolute Gasteiger partial charge is 0.250 e. The predicted molar refractivity (Wildman–Crippen MR) is 174 cm³/mol. The van der Waals surface area contributed by atoms with Crippen LogP contribution < -0.4 is 5.43 Å². The fourth-order valence-corrected chi connectivity index (χ4v) is 6.58. The molecule has 1 amide bonds. The highest BCUT2D eigenvalue weighted by molar-refractivity contribution is 14.1. The molecule has 9 heteroatoms. The van der Waals surface area contributed by atoms with Crippen LogP contribution in [-0.4, -0.2) is 28.0 Å². The summed E-state index contributed by atoms with van der Waals surface area (Å²) in [5.41, 5.74) is 8.64. The monoisotopic (exact) mass is 684 g/mol. The lowest BCUT2D eigenvalue weighted by Crippen LogP contribution is -2.20. The fourth-order valence-electron chi connectivity index (χ4n) is 5.21. The first-order valence-corrected chi connectivity index (χ1v) is 15.6. The summed E-state index contributed by atoms with van der Waals surface area (Å²) in [7, 11) is 0. The number of aromatic hydroxyl groups is 1. The average Bonchev–Trinajstić information content (AvgIpc) is 3.40. The summed E-state index contributed by atoms with van der Waals surface area (Å²) in [6.07, 6.45) is 5.39. The van der Waals surface area contributed by atoms with Crippen molar-refractivity contribution < 1.29 is 14.3 Å². The van der Waals surface area contributed by atoms with Crippen molar-refractivity contribution in [2.75, 3.05) is 5.75 Å². The van der Waals surface area contributed by atoms with Crippen molar-refractivity contribution in [2.24, 2.45) is 5.10 Å². The number of hydrazone groups is 1. The number of carbonyl (C=O) groups is 1. The van der Waals surface area contributed by atoms with Crippen LogP contribution in [0, 0.1) is 14.9 Å². The minimum atomic E-state index is -0.358. The molecule has 0 saturated carbocycles. The predicted octanol–water partition coefficient (Wildman–Crippen LogP) is 7.46. The lowest BCUT2D eigenvalue weighted by molar-refractivity contribution is -0.118. The number of benzene rings is 3. The number of hydrogen-bond acceptors (Lipinski definition) is 7. The number of halogens is 1. The van der Waals surface area contributed by atoms with E-state index >= 15 is 0 Å². The number of phenolic OH excluding ortho intramolecular Hbond substituents is 1. The van der Waals surface area contributed by atoms with Crippen LogP contribution in [0.4, 0.5) is 0 Å². The van der Waals surface area contributed by atoms with E-state index in [4.69, 9.17) is 9.40 Å². The van der Waals surface area contributed by atoms with Gasteiger partial charge < -0.3 is 9.52 Å². The van der Waals surface area contributed by atoms with Crippen LogP contribution in [-0.2, 0) is 17.6 Å². The maximum atomic E-state index is 12.9. The number of pyridine rings is 1. The quantitative estimate of drug-likeness (QED) is 0.0797. The molecule has 0 saturated heterocycles. The lowest BCUT2D eigenvalue weighted by Gasteiger charge is -2.12. The number of phenols is 1. The van der Waals surface area contributed by atoms with E-state index in [1.165, 1.54) is 18.0 Å². The first-order valence-electron chi connectivity index (χ1n) is 13.5. The highest BCUT2D eigenvalue weighted by Crippen LogP contribution is 2.39. The minimum absolute atomic E-state index is 0.000316. The van der Waals surface area contributed by atoms with Crippen LogP contribution in [0.5, 0.6) is 5.75 Å². The Morgan fingerprint density at radius 3 is 2.55 bits per heavy atom. The topological polar surface area (TPSA) is 112 Å². The van der Waals surface area contributed by atoms with Gasteiger partial charge in [-0.2, -0.15) is 10.4 Å². The molecule has 2 aromatic heterocycles. The number of hydrogen-bond donors (Lipinski definition) is 2. The van der Waals surface area contributed by atoms with E-state index in [1.807, 2.05) is 72.8 Å². The Morgan fingerprint density at radius 1 is 1.10 bits per heavy atom. The van der Waals surface area contributed by atoms with Crippen molar-refractivity contribution in [2.45, 2.75) is 30.7 Å². The molecule has 3 aromatic carbocycles. The Morgan fingerprint density at radius 2 is 1.81 bits per heavy atom. The number of nitrogens with zero attached hydrogens (tertiary/aromatic N) is 3. The average molecular weight is 685 g/mol. The molecule has 0 radical (unpaired) electrons. The Hall–Kier alpha value is -4.14. The number of aryl methyl sites for hydroxylation is 2. The van der Waals surface area contributed by atoms with Gasteiger partial charge in [-0.3, -0.25) is 4.79 Å². The van der Waals surface area contributed by atoms with Gasteiger partial charge in [0.25, 0.3) is 0 Å². The molecule has 0 unspecified atom stereocenters. The standard InChI is InChI=1S/C33H25IN4O3S/c34-26-16-29-31(22-13-7-8-14-28(22)41-29)25(32(26)40)18-36-38-30(39)19-42-33-24(17-35)23(20-9-3-1-4-10-20)15-27(37-33)21-11-5-2-6-12-21/h1-6,9-12,15-16,18,40H,7-8,13-14,19H2,(H,38,39). The number of carbonyl (C=O) groups excluding carboxylic acids is 1. The Bertz CT molecular complexity index is 1860. The Kier molecular flexibility index (Phi) is 8.26. The molecule has 5 aromatic rings. The van der Waals surface area contributed by atoms with Gasteiger partial charge in [0, 0.05) is 34.1 Å². The van der Waals surface area contributed by atoms with Crippen molar-refractivity contribution in [3.05, 3.63) is 98.8 Å². The third-order valence-corrected chi connectivity index (χ3v) is 8.98. The van der Waals surface area contributed by atoms with Crippen molar-refractivity contribution in [1.29, 1.82) is 5.26 Å². The number of nitrogens with one attached hydrogen (secondary N) is 1. The summed E-state index contributed by atoms with van der Waals surface area (Å²) < 4.78 is 6.74. The number of amides is 1. The molecule has 6 rings (SSSR count). The van der Waals surface area contributed by atoms with Crippen LogP contribution in [0.2, 0.25) is 0 Å². The molecule has 2 heterocycles. The molecule has 0 spiro atoms. The second-order valence-electron chi connectivity index (χ2n) is 9.87. The number of thioether (sulfide) groups is 1. The summed E-state index contributed by atoms with van der Waals surface area (Å²) in [6.45, 7) is 0. The number of fused-ring (bicyclic) bond motifs is 3. The van der Waals surface area contributed by atoms with Crippen molar-refractivity contribution >= 4 is 57.4 Å². The normalized spacial score (nSPS) is 12.8. The zero-order valence-corrected chi connectivity index (χ0v) is 25.4. The molecular formula is C33H25IN4O3S. The van der Waals surface area contributed by atoms with E-state index in [-0.39, 0.29) is 17.4 Å². The number of rotatable bonds is 7. The van der Waals surface area contributed by atoms with Gasteiger partial charge in [0.1, 0.15) is 28.2 Å². The summed E-state index contributed by atoms with van der Waals surface area (Å²) >= 11 is 3.25. The first kappa shape index (κ1) is 28.0. The van der Waals surface area contributed by atoms with Crippen LogP contribution in [0.3, 0.4) is 0 Å². The van der Waals surface area contributed by atoms with Crippen molar-refractivity contribution in [3.8, 4) is 34.2 Å². The SMILES string of the molecule is N#Cc1c(-c2ccccc2)cc(-c2ccccc2)nc1SCC(=O)NN=Cc1c(O)c(I)cc2oc3c(c12)CCCC3. The molecule has 0 aliphatic heterocycles. The molecule has 42 heavy (non-hydrogen) atoms. The van der Waals surface area contributed by atoms with Gasteiger partial charge in [-0.05, 0) is 59.5 Å². The molecular weight excluding hydrogens is 659 g/mol. The zero-order valence-electron chi connectivity index (χ0n) is 22.4. The fraction of sp³-hybridized carbons (Fsp3) is 0.152. The maximum absolute atomic E-state index is 12.9. The van der Waals surface area contributed by atoms with Crippen molar-refractivity contribution in [3.63, 3.8) is 0 Å². The van der Waals surface area contributed by atoms with E-state index in [9.17, 15) is 15.2 Å². The van der Waals surface area contributed by atoms with Gasteiger partial charge in [0.05, 0.1) is 26.8 Å². The second-order valence-corrected chi connectivity index (χ2v) is 12.0. The highest BCUT2D eigenvalue weighted by Gasteiger charge is 2.23. The van der Waals surface area contributed by atoms with Gasteiger partial charge in [0.2, 0.25) is 5.91 Å². The van der Waals surface area contributed by atoms with Crippen LogP contribution >= 0.6 is 34.4 Å². The first-order chi connectivity index (χ1) is 20.5. The molecule has 208 valence electrons. The molecule has 1 aliphatic rings. The largest absolute Gasteiger partial charge is 0.506 e. The molecule has 0 atom stereocenters. The van der Waals surface area contributed by atoms with E-state index in [1.54, 1.807) is 0 Å².